The minimum Gasteiger partial charge on any atom is -0.497 e. The highest BCUT2D eigenvalue weighted by molar-refractivity contribution is 7.89. The number of methoxy groups -OCH3 is 1. The van der Waals surface area contributed by atoms with Crippen LogP contribution in [0.3, 0.4) is 0 Å². The predicted molar refractivity (Wildman–Crippen MR) is 110 cm³/mol. The number of ether oxygens (including phenoxy) is 1. The van der Waals surface area contributed by atoms with Gasteiger partial charge in [-0.25, -0.2) is 12.8 Å². The summed E-state index contributed by atoms with van der Waals surface area (Å²) in [6, 6.07) is 12.4. The minimum absolute atomic E-state index is 0.0536. The second-order valence-corrected chi connectivity index (χ2v) is 9.05. The summed E-state index contributed by atoms with van der Waals surface area (Å²) >= 11 is 0. The van der Waals surface area contributed by atoms with Crippen molar-refractivity contribution < 1.29 is 22.3 Å². The highest BCUT2D eigenvalue weighted by Crippen LogP contribution is 2.22. The number of fused-ring (bicyclic) bond motifs is 1. The zero-order valence-corrected chi connectivity index (χ0v) is 17.3. The zero-order chi connectivity index (χ0) is 21.3. The molecule has 0 bridgehead atoms. The molecule has 0 atom stereocenters. The first-order chi connectivity index (χ1) is 14.4. The molecular weight excluding hydrogens is 409 g/mol. The lowest BCUT2D eigenvalue weighted by atomic mass is 10.2. The number of halogens is 1. The number of hydrogen-bond donors (Lipinski definition) is 0. The van der Waals surface area contributed by atoms with E-state index in [1.165, 1.54) is 16.4 Å². The van der Waals surface area contributed by atoms with E-state index in [0.717, 1.165) is 28.8 Å². The fourth-order valence-electron chi connectivity index (χ4n) is 3.62. The molecule has 1 aliphatic heterocycles. The zero-order valence-electron chi connectivity index (χ0n) is 16.5. The number of hydrogen-bond acceptors (Lipinski definition) is 4. The molecule has 158 valence electrons. The maximum Gasteiger partial charge on any atom is 0.243 e. The lowest BCUT2D eigenvalue weighted by Crippen LogP contribution is -2.51. The average molecular weight is 431 g/mol. The fourth-order valence-corrected chi connectivity index (χ4v) is 5.04. The Balaban J connectivity index is 1.40. The van der Waals surface area contributed by atoms with Crippen molar-refractivity contribution in [2.75, 3.05) is 33.3 Å². The maximum absolute atomic E-state index is 13.1. The summed E-state index contributed by atoms with van der Waals surface area (Å²) in [5.41, 5.74) is 0.932. The van der Waals surface area contributed by atoms with Crippen LogP contribution in [0.1, 0.15) is 0 Å². The fraction of sp³-hybridized carbons (Fsp3) is 0.286. The van der Waals surface area contributed by atoms with Crippen LogP contribution in [-0.4, -0.2) is 61.4 Å². The van der Waals surface area contributed by atoms with E-state index in [1.807, 2.05) is 35.0 Å². The van der Waals surface area contributed by atoms with Gasteiger partial charge in [-0.15, -0.1) is 0 Å². The third kappa shape index (κ3) is 3.90. The van der Waals surface area contributed by atoms with Crippen molar-refractivity contribution >= 4 is 26.8 Å². The second kappa shape index (κ2) is 8.08. The number of sulfonamides is 1. The Labute approximate surface area is 174 Å². The quantitative estimate of drug-likeness (QED) is 0.622. The van der Waals surface area contributed by atoms with Crippen LogP contribution in [0.25, 0.3) is 10.9 Å². The van der Waals surface area contributed by atoms with Crippen molar-refractivity contribution in [2.45, 2.75) is 11.4 Å². The normalized spacial score (nSPS) is 15.5. The van der Waals surface area contributed by atoms with Crippen molar-refractivity contribution in [1.82, 2.24) is 13.8 Å². The molecule has 0 spiro atoms. The smallest absolute Gasteiger partial charge is 0.243 e. The molecule has 1 amide bonds. The summed E-state index contributed by atoms with van der Waals surface area (Å²) < 4.78 is 47.0. The number of nitrogens with zero attached hydrogens (tertiary/aromatic N) is 3. The highest BCUT2D eigenvalue weighted by atomic mass is 32.2. The molecule has 0 N–H and O–H groups in total. The first-order valence-corrected chi connectivity index (χ1v) is 11.0. The van der Waals surface area contributed by atoms with Gasteiger partial charge in [0.15, 0.2) is 0 Å². The maximum atomic E-state index is 13.1. The van der Waals surface area contributed by atoms with Crippen LogP contribution in [0, 0.1) is 5.82 Å². The van der Waals surface area contributed by atoms with Crippen molar-refractivity contribution in [2.24, 2.45) is 0 Å². The Morgan fingerprint density at radius 1 is 1.03 bits per heavy atom. The van der Waals surface area contributed by atoms with Gasteiger partial charge in [0.25, 0.3) is 0 Å². The van der Waals surface area contributed by atoms with Gasteiger partial charge >= 0.3 is 0 Å². The van der Waals surface area contributed by atoms with Gasteiger partial charge in [-0.1, -0.05) is 0 Å². The first-order valence-electron chi connectivity index (χ1n) is 9.55. The van der Waals surface area contributed by atoms with Crippen LogP contribution in [-0.2, 0) is 21.4 Å². The summed E-state index contributed by atoms with van der Waals surface area (Å²) in [4.78, 5) is 14.5. The highest BCUT2D eigenvalue weighted by Gasteiger charge is 2.30. The largest absolute Gasteiger partial charge is 0.497 e. The first kappa shape index (κ1) is 20.4. The van der Waals surface area contributed by atoms with Crippen molar-refractivity contribution in [3.63, 3.8) is 0 Å². The van der Waals surface area contributed by atoms with E-state index in [4.69, 9.17) is 4.74 Å². The molecule has 3 aromatic rings. The molecule has 0 radical (unpaired) electrons. The summed E-state index contributed by atoms with van der Waals surface area (Å²) in [6.07, 6.45) is 1.86. The van der Waals surface area contributed by atoms with Crippen LogP contribution in [0.4, 0.5) is 4.39 Å². The van der Waals surface area contributed by atoms with Crippen LogP contribution in [0.5, 0.6) is 5.75 Å². The molecule has 30 heavy (non-hydrogen) atoms. The number of aromatic nitrogens is 1. The van der Waals surface area contributed by atoms with E-state index in [1.54, 1.807) is 12.0 Å². The van der Waals surface area contributed by atoms with Crippen LogP contribution in [0.2, 0.25) is 0 Å². The molecule has 2 aromatic carbocycles. The van der Waals surface area contributed by atoms with Gasteiger partial charge in [0, 0.05) is 43.3 Å². The van der Waals surface area contributed by atoms with Gasteiger partial charge in [-0.05, 0) is 48.5 Å². The molecule has 7 nitrogen and oxygen atoms in total. The van der Waals surface area contributed by atoms with Gasteiger partial charge in [0.2, 0.25) is 15.9 Å². The van der Waals surface area contributed by atoms with E-state index in [-0.39, 0.29) is 30.4 Å². The molecule has 1 fully saturated rings. The van der Waals surface area contributed by atoms with Gasteiger partial charge in [0.1, 0.15) is 18.1 Å². The molecule has 0 saturated carbocycles. The Morgan fingerprint density at radius 3 is 2.40 bits per heavy atom. The number of amides is 1. The lowest BCUT2D eigenvalue weighted by Gasteiger charge is -2.34. The molecule has 2 heterocycles. The summed E-state index contributed by atoms with van der Waals surface area (Å²) in [5, 5.41) is 0.984. The second-order valence-electron chi connectivity index (χ2n) is 7.11. The summed E-state index contributed by atoms with van der Waals surface area (Å²) in [6.45, 7) is 1.21. The molecule has 0 aliphatic carbocycles. The topological polar surface area (TPSA) is 71.8 Å². The van der Waals surface area contributed by atoms with Crippen LogP contribution >= 0.6 is 0 Å². The number of benzene rings is 2. The van der Waals surface area contributed by atoms with Crippen molar-refractivity contribution in [3.8, 4) is 5.75 Å². The minimum atomic E-state index is -3.70. The van der Waals surface area contributed by atoms with E-state index >= 15 is 0 Å². The lowest BCUT2D eigenvalue weighted by molar-refractivity contribution is -0.132. The Hall–Kier alpha value is -2.91. The van der Waals surface area contributed by atoms with Crippen LogP contribution < -0.4 is 4.74 Å². The van der Waals surface area contributed by atoms with Crippen LogP contribution in [0.15, 0.2) is 59.6 Å². The monoisotopic (exact) mass is 431 g/mol. The third-order valence-corrected chi connectivity index (χ3v) is 7.24. The number of rotatable bonds is 5. The SMILES string of the molecule is COc1ccc2c(ccn2CC(=O)N2CCN(S(=O)(=O)c3ccc(F)cc3)CC2)c1. The Bertz CT molecular complexity index is 1170. The van der Waals surface area contributed by atoms with Gasteiger partial charge in [-0.2, -0.15) is 4.31 Å². The number of piperazine rings is 1. The van der Waals surface area contributed by atoms with Gasteiger partial charge < -0.3 is 14.2 Å². The molecule has 1 aliphatic rings. The summed E-state index contributed by atoms with van der Waals surface area (Å²) in [7, 11) is -2.09. The van der Waals surface area contributed by atoms with E-state index in [0.29, 0.717) is 13.1 Å². The molecule has 0 unspecified atom stereocenters. The van der Waals surface area contributed by atoms with Gasteiger partial charge in [-0.3, -0.25) is 4.79 Å². The Morgan fingerprint density at radius 2 is 1.73 bits per heavy atom. The average Bonchev–Trinajstić information content (AvgIpc) is 3.16. The standard InChI is InChI=1S/C21H22FN3O4S/c1-29-18-4-7-20-16(14-18)8-9-24(20)15-21(26)23-10-12-25(13-11-23)30(27,28)19-5-2-17(22)3-6-19/h2-9,14H,10-13,15H2,1H3. The van der Waals surface area contributed by atoms with E-state index in [9.17, 15) is 17.6 Å². The number of carbonyl (C=O) groups is 1. The van der Waals surface area contributed by atoms with Crippen molar-refractivity contribution in [1.29, 1.82) is 0 Å². The molecule has 1 saturated heterocycles. The molecule has 4 rings (SSSR count). The summed E-state index contributed by atoms with van der Waals surface area (Å²) in [5.74, 6) is 0.201. The molecular formula is C21H22FN3O4S. The van der Waals surface area contributed by atoms with E-state index in [2.05, 4.69) is 0 Å². The third-order valence-electron chi connectivity index (χ3n) is 5.33. The van der Waals surface area contributed by atoms with Gasteiger partial charge in [0.05, 0.1) is 12.0 Å². The predicted octanol–water partition coefficient (Wildman–Crippen LogP) is 2.32. The number of carbonyl (C=O) groups excluding carboxylic acids is 1. The van der Waals surface area contributed by atoms with E-state index < -0.39 is 15.8 Å². The van der Waals surface area contributed by atoms with Crippen molar-refractivity contribution in [3.05, 3.63) is 60.5 Å². The molecule has 1 aromatic heterocycles. The molecule has 9 heteroatoms. The Kier molecular flexibility index (Phi) is 5.48.